The fourth-order valence-electron chi connectivity index (χ4n) is 4.71. The van der Waals surface area contributed by atoms with Gasteiger partial charge in [0.15, 0.2) is 25.0 Å². The monoisotopic (exact) mass is 600 g/mol. The number of rotatable bonds is 19. The van der Waals surface area contributed by atoms with Gasteiger partial charge < -0.3 is 22.8 Å². The molecule has 0 spiro atoms. The fraction of sp³-hybridized carbons (Fsp3) is 0.833. The second-order valence-corrected chi connectivity index (χ2v) is 27.1. The van der Waals surface area contributed by atoms with Gasteiger partial charge in [-0.05, 0) is 84.6 Å². The van der Waals surface area contributed by atoms with Crippen LogP contribution in [0, 0.1) is 0 Å². The van der Waals surface area contributed by atoms with Crippen molar-refractivity contribution in [3.8, 4) is 0 Å². The van der Waals surface area contributed by atoms with E-state index in [1.807, 2.05) is 0 Å². The first-order valence-corrected chi connectivity index (χ1v) is 25.3. The molecule has 0 N–H and O–H groups in total. The largest absolute Gasteiger partial charge is 0.469 e. The number of hydrogen-bond donors (Lipinski definition) is 0. The van der Waals surface area contributed by atoms with E-state index in [2.05, 4.69) is 90.2 Å². The summed E-state index contributed by atoms with van der Waals surface area (Å²) in [6.45, 7) is 22.5. The van der Waals surface area contributed by atoms with Gasteiger partial charge in [-0.3, -0.25) is 4.79 Å². The number of carbonyl (C=O) groups excluding carboxylic acids is 1. The topological polar surface area (TPSA) is 63.2 Å². The third-order valence-electron chi connectivity index (χ3n) is 6.21. The van der Waals surface area contributed by atoms with Crippen LogP contribution in [0.4, 0.5) is 0 Å². The maximum atomic E-state index is 11.4. The highest BCUT2D eigenvalue weighted by Crippen LogP contribution is 2.32. The van der Waals surface area contributed by atoms with E-state index >= 15 is 0 Å². The molecule has 0 amide bonds. The van der Waals surface area contributed by atoms with Crippen LogP contribution in [0.25, 0.3) is 0 Å². The van der Waals surface area contributed by atoms with Gasteiger partial charge in [0.05, 0.1) is 31.5 Å². The number of esters is 1. The summed E-state index contributed by atoms with van der Waals surface area (Å²) in [5, 5.41) is 0. The van der Waals surface area contributed by atoms with Gasteiger partial charge >= 0.3 is 5.97 Å². The molecule has 0 aromatic heterocycles. The molecule has 0 aromatic rings. The number of hydrogen-bond acceptors (Lipinski definition) is 6. The van der Waals surface area contributed by atoms with Crippen molar-refractivity contribution in [3.63, 3.8) is 0 Å². The minimum Gasteiger partial charge on any atom is -0.469 e. The first kappa shape index (κ1) is 36.5. The minimum atomic E-state index is -1.80. The van der Waals surface area contributed by atoms with Gasteiger partial charge in [0.2, 0.25) is 0 Å². The third-order valence-corrected chi connectivity index (χ3v) is 9.24. The molecule has 6 nitrogen and oxygen atoms in total. The second-order valence-electron chi connectivity index (χ2n) is 13.7. The molecule has 5 unspecified atom stereocenters. The van der Waals surface area contributed by atoms with Crippen LogP contribution in [-0.2, 0) is 27.5 Å². The van der Waals surface area contributed by atoms with E-state index in [1.165, 1.54) is 26.4 Å². The molecule has 1 saturated heterocycles. The van der Waals surface area contributed by atoms with E-state index in [4.69, 9.17) is 22.8 Å². The van der Waals surface area contributed by atoms with E-state index in [0.29, 0.717) is 6.42 Å². The number of methoxy groups -OCH3 is 1. The number of unbranched alkanes of at least 4 members (excludes halogenated alkanes) is 3. The molecule has 1 aliphatic heterocycles. The van der Waals surface area contributed by atoms with E-state index in [1.54, 1.807) is 0 Å². The Bertz CT molecular complexity index is 751. The van der Waals surface area contributed by atoms with Crippen molar-refractivity contribution in [1.29, 1.82) is 0 Å². The lowest BCUT2D eigenvalue weighted by atomic mass is 10.0. The minimum absolute atomic E-state index is 0.0155. The molecule has 39 heavy (non-hydrogen) atoms. The normalized spacial score (nSPS) is 22.6. The maximum Gasteiger partial charge on any atom is 0.305 e. The summed E-state index contributed by atoms with van der Waals surface area (Å²) >= 11 is 0. The van der Waals surface area contributed by atoms with Gasteiger partial charge in [-0.1, -0.05) is 50.5 Å². The van der Waals surface area contributed by atoms with Crippen molar-refractivity contribution in [2.24, 2.45) is 0 Å². The Morgan fingerprint density at radius 1 is 0.923 bits per heavy atom. The summed E-state index contributed by atoms with van der Waals surface area (Å²) in [4.78, 5) is 11.4. The van der Waals surface area contributed by atoms with Gasteiger partial charge in [-0.15, -0.1) is 0 Å². The van der Waals surface area contributed by atoms with Crippen LogP contribution in [0.3, 0.4) is 0 Å². The highest BCUT2D eigenvalue weighted by atomic mass is 28.4. The number of carbonyl (C=O) groups is 1. The second kappa shape index (κ2) is 17.4. The van der Waals surface area contributed by atoms with Gasteiger partial charge in [0, 0.05) is 12.8 Å². The maximum absolute atomic E-state index is 11.4. The molecule has 228 valence electrons. The average Bonchev–Trinajstić information content (AvgIpc) is 3.17. The van der Waals surface area contributed by atoms with E-state index in [-0.39, 0.29) is 36.5 Å². The SMILES string of the molecule is CCCCCC(C=CC1OC(C(CC=CCCCC(=O)OC)O[Si](C)(C)C)CC1O[Si](C)(C)C)O[Si](C)(C)C. The van der Waals surface area contributed by atoms with Crippen molar-refractivity contribution in [2.45, 2.75) is 154 Å². The lowest BCUT2D eigenvalue weighted by molar-refractivity contribution is -0.140. The van der Waals surface area contributed by atoms with Crippen LogP contribution in [0.2, 0.25) is 58.9 Å². The van der Waals surface area contributed by atoms with E-state index < -0.39 is 25.0 Å². The molecule has 0 radical (unpaired) electrons. The van der Waals surface area contributed by atoms with Crippen LogP contribution in [-0.4, -0.2) is 68.6 Å². The van der Waals surface area contributed by atoms with E-state index in [9.17, 15) is 4.79 Å². The summed E-state index contributed by atoms with van der Waals surface area (Å²) in [7, 11) is -3.80. The van der Waals surface area contributed by atoms with Crippen LogP contribution in [0.1, 0.15) is 64.7 Å². The van der Waals surface area contributed by atoms with Gasteiger partial charge in [-0.2, -0.15) is 0 Å². The van der Waals surface area contributed by atoms with Crippen LogP contribution < -0.4 is 0 Å². The Hall–Kier alpha value is -0.559. The molecule has 1 heterocycles. The molecular weight excluding hydrogens is 541 g/mol. The molecule has 1 fully saturated rings. The Kier molecular flexibility index (Phi) is 16.3. The lowest BCUT2D eigenvalue weighted by Gasteiger charge is -2.30. The summed E-state index contributed by atoms with van der Waals surface area (Å²) in [6, 6.07) is 0. The first-order chi connectivity index (χ1) is 18.0. The Morgan fingerprint density at radius 2 is 1.59 bits per heavy atom. The highest BCUT2D eigenvalue weighted by molar-refractivity contribution is 6.70. The summed E-state index contributed by atoms with van der Waals surface area (Å²) in [5.74, 6) is -0.155. The first-order valence-electron chi connectivity index (χ1n) is 15.1. The molecule has 0 bridgehead atoms. The highest BCUT2D eigenvalue weighted by Gasteiger charge is 2.41. The fourth-order valence-corrected chi connectivity index (χ4v) is 8.11. The molecule has 9 heteroatoms. The average molecular weight is 601 g/mol. The van der Waals surface area contributed by atoms with Crippen LogP contribution >= 0.6 is 0 Å². The summed E-state index contributed by atoms with van der Waals surface area (Å²) in [6.07, 6.45) is 17.2. The van der Waals surface area contributed by atoms with Crippen LogP contribution in [0.15, 0.2) is 24.3 Å². The zero-order valence-corrected chi connectivity index (χ0v) is 30.0. The Balaban J connectivity index is 3.03. The van der Waals surface area contributed by atoms with Gasteiger partial charge in [0.25, 0.3) is 0 Å². The number of ether oxygens (including phenoxy) is 2. The molecule has 0 aromatic carbocycles. The quantitative estimate of drug-likeness (QED) is 0.0644. The van der Waals surface area contributed by atoms with Crippen molar-refractivity contribution in [1.82, 2.24) is 0 Å². The molecule has 1 aliphatic rings. The molecule has 0 saturated carbocycles. The van der Waals surface area contributed by atoms with Crippen molar-refractivity contribution >= 4 is 30.9 Å². The lowest BCUT2D eigenvalue weighted by Crippen LogP contribution is -2.39. The molecular formula is C30H60O6Si3. The third kappa shape index (κ3) is 17.8. The van der Waals surface area contributed by atoms with Gasteiger partial charge in [0.1, 0.15) is 6.10 Å². The zero-order chi connectivity index (χ0) is 29.7. The van der Waals surface area contributed by atoms with Crippen molar-refractivity contribution in [2.75, 3.05) is 7.11 Å². The Morgan fingerprint density at radius 3 is 2.15 bits per heavy atom. The predicted molar refractivity (Wildman–Crippen MR) is 171 cm³/mol. The smallest absolute Gasteiger partial charge is 0.305 e. The zero-order valence-electron chi connectivity index (χ0n) is 27.0. The van der Waals surface area contributed by atoms with Crippen molar-refractivity contribution in [3.05, 3.63) is 24.3 Å². The predicted octanol–water partition coefficient (Wildman–Crippen LogP) is 8.23. The summed E-state index contributed by atoms with van der Waals surface area (Å²) < 4.78 is 31.3. The van der Waals surface area contributed by atoms with Gasteiger partial charge in [-0.25, -0.2) is 0 Å². The molecule has 0 aliphatic carbocycles. The van der Waals surface area contributed by atoms with Crippen LogP contribution in [0.5, 0.6) is 0 Å². The van der Waals surface area contributed by atoms with Crippen molar-refractivity contribution < 1.29 is 27.5 Å². The Labute approximate surface area is 243 Å². The summed E-state index contributed by atoms with van der Waals surface area (Å²) in [5.41, 5.74) is 0. The van der Waals surface area contributed by atoms with E-state index in [0.717, 1.165) is 32.1 Å². The standard InChI is InChI=1S/C30H60O6Si3/c1-12-13-16-19-25(34-37(3,4)5)22-23-26-29(36-39(9,10)11)24-28(33-26)27(35-38(6,7)8)20-17-14-15-18-21-30(31)32-2/h14,17,22-23,25-29H,12-13,15-16,18-21,24H2,1-11H3. The molecule has 5 atom stereocenters. The molecule has 1 rings (SSSR count). The number of allylic oxidation sites excluding steroid dienone is 1.